The van der Waals surface area contributed by atoms with Crippen LogP contribution in [-0.2, 0) is 4.74 Å². The average molecular weight is 142 g/mol. The van der Waals surface area contributed by atoms with Crippen LogP contribution in [0.2, 0.25) is 0 Å². The van der Waals surface area contributed by atoms with Gasteiger partial charge in [0.25, 0.3) is 0 Å². The van der Waals surface area contributed by atoms with Gasteiger partial charge in [0, 0.05) is 0 Å². The van der Waals surface area contributed by atoms with Gasteiger partial charge in [-0.25, -0.2) is 10.1 Å². The van der Waals surface area contributed by atoms with E-state index >= 15 is 0 Å². The van der Waals surface area contributed by atoms with Crippen LogP contribution < -0.4 is 5.32 Å². The van der Waals surface area contributed by atoms with Gasteiger partial charge in [0.2, 0.25) is 0 Å². The van der Waals surface area contributed by atoms with E-state index in [0.717, 1.165) is 0 Å². The first-order chi connectivity index (χ1) is 3.31. The van der Waals surface area contributed by atoms with Gasteiger partial charge in [-0.3, -0.25) is 0 Å². The molecule has 0 aliphatic carbocycles. The second kappa shape index (κ2) is 7.02. The molecule has 1 N–H and O–H groups in total. The summed E-state index contributed by atoms with van der Waals surface area (Å²) in [6, 6.07) is 0. The number of hydrogen-bond acceptors (Lipinski definition) is 3. The maximum atomic E-state index is 9.86. The number of nitrogens with one attached hydrogen (secondary N) is 1. The Morgan fingerprint density at radius 1 is 1.88 bits per heavy atom. The van der Waals surface area contributed by atoms with Crippen molar-refractivity contribution in [3.05, 3.63) is 0 Å². The molecule has 4 nitrogen and oxygen atoms in total. The van der Waals surface area contributed by atoms with E-state index in [2.05, 4.69) is 4.74 Å². The number of hydrogen-bond donors (Lipinski definition) is 1. The third-order valence-corrected chi connectivity index (χ3v) is 0.343. The molecule has 0 aliphatic rings. The number of amides is 1. The summed E-state index contributed by atoms with van der Waals surface area (Å²) in [5, 5.41) is 9.45. The molecule has 0 radical (unpaired) electrons. The topological polar surface area (TPSA) is 62.1 Å². The van der Waals surface area contributed by atoms with Crippen LogP contribution in [0.25, 0.3) is 0 Å². The standard InChI is InChI=1S/C3H4N2O2.Ca.2H/c1-7-3(6)5-2-4;;;/h1H3,(H,5,6);;;. The van der Waals surface area contributed by atoms with E-state index in [1.807, 2.05) is 0 Å². The summed E-state index contributed by atoms with van der Waals surface area (Å²) in [6.07, 6.45) is 0.660. The van der Waals surface area contributed by atoms with Gasteiger partial charge in [0.05, 0.1) is 7.11 Å². The van der Waals surface area contributed by atoms with Crippen LogP contribution >= 0.6 is 0 Å². The van der Waals surface area contributed by atoms with Gasteiger partial charge >= 0.3 is 43.8 Å². The van der Waals surface area contributed by atoms with E-state index in [-0.39, 0.29) is 37.7 Å². The first kappa shape index (κ1) is 10.9. The summed E-state index contributed by atoms with van der Waals surface area (Å²) in [7, 11) is 1.19. The zero-order chi connectivity index (χ0) is 5.70. The molecule has 5 heteroatoms. The van der Waals surface area contributed by atoms with Crippen molar-refractivity contribution in [2.75, 3.05) is 7.11 Å². The van der Waals surface area contributed by atoms with Crippen LogP contribution in [0.3, 0.4) is 0 Å². The summed E-state index contributed by atoms with van der Waals surface area (Å²) < 4.78 is 4.02. The first-order valence-electron chi connectivity index (χ1n) is 1.54. The SMILES string of the molecule is COC(=O)NC#N.[CaH2]. The molecule has 0 rings (SSSR count). The van der Waals surface area contributed by atoms with Crippen LogP contribution in [-0.4, -0.2) is 50.9 Å². The molecule has 0 spiro atoms. The third kappa shape index (κ3) is 6.02. The molecule has 42 valence electrons. The van der Waals surface area contributed by atoms with E-state index in [1.165, 1.54) is 13.3 Å². The zero-order valence-electron chi connectivity index (χ0n) is 3.76. The molecule has 1 amide bonds. The minimum absolute atomic E-state index is 0. The van der Waals surface area contributed by atoms with Crippen molar-refractivity contribution in [3.8, 4) is 6.19 Å². The van der Waals surface area contributed by atoms with E-state index in [4.69, 9.17) is 5.26 Å². The van der Waals surface area contributed by atoms with Crippen molar-refractivity contribution in [1.29, 1.82) is 5.26 Å². The molecule has 0 aromatic carbocycles. The van der Waals surface area contributed by atoms with Crippen LogP contribution in [0, 0.1) is 11.5 Å². The number of carbonyl (C=O) groups excluding carboxylic acids is 1. The van der Waals surface area contributed by atoms with Gasteiger partial charge in [0.15, 0.2) is 6.19 Å². The van der Waals surface area contributed by atoms with E-state index in [0.29, 0.717) is 0 Å². The number of methoxy groups -OCH3 is 1. The van der Waals surface area contributed by atoms with Crippen molar-refractivity contribution in [1.82, 2.24) is 5.32 Å². The molecular formula is C3H6CaN2O2. The predicted molar refractivity (Wildman–Crippen MR) is 29.7 cm³/mol. The van der Waals surface area contributed by atoms with Crippen molar-refractivity contribution in [2.24, 2.45) is 0 Å². The Morgan fingerprint density at radius 2 is 2.38 bits per heavy atom. The molecule has 0 saturated heterocycles. The van der Waals surface area contributed by atoms with Crippen LogP contribution in [0.15, 0.2) is 0 Å². The maximum absolute atomic E-state index is 9.86. The Morgan fingerprint density at radius 3 is 2.50 bits per heavy atom. The summed E-state index contributed by atoms with van der Waals surface area (Å²) in [5.74, 6) is 0. The molecule has 0 aromatic rings. The fourth-order valence-corrected chi connectivity index (χ4v) is 0.0967. The van der Waals surface area contributed by atoms with Gasteiger partial charge in [-0.1, -0.05) is 0 Å². The van der Waals surface area contributed by atoms with Gasteiger partial charge in [-0.05, 0) is 0 Å². The number of alkyl carbamates (subject to hydrolysis) is 1. The van der Waals surface area contributed by atoms with Gasteiger partial charge in [0.1, 0.15) is 0 Å². The second-order valence-electron chi connectivity index (χ2n) is 0.728. The molecule has 0 bridgehead atoms. The Kier molecular flexibility index (Phi) is 9.57. The van der Waals surface area contributed by atoms with Crippen LogP contribution in [0.1, 0.15) is 0 Å². The molecule has 0 saturated carbocycles. The number of carbonyl (C=O) groups is 1. The molecule has 0 unspecified atom stereocenters. The van der Waals surface area contributed by atoms with Crippen LogP contribution in [0.4, 0.5) is 4.79 Å². The molecule has 0 aromatic heterocycles. The molecule has 0 fully saturated rings. The minimum atomic E-state index is -0.734. The van der Waals surface area contributed by atoms with Gasteiger partial charge in [-0.2, -0.15) is 5.26 Å². The van der Waals surface area contributed by atoms with Crippen molar-refractivity contribution in [3.63, 3.8) is 0 Å². The summed E-state index contributed by atoms with van der Waals surface area (Å²) in [5.41, 5.74) is 0. The van der Waals surface area contributed by atoms with Crippen molar-refractivity contribution < 1.29 is 9.53 Å². The summed E-state index contributed by atoms with van der Waals surface area (Å²) in [6.45, 7) is 0. The molecular weight excluding hydrogens is 136 g/mol. The molecule has 0 atom stereocenters. The zero-order valence-corrected chi connectivity index (χ0v) is 3.76. The third-order valence-electron chi connectivity index (χ3n) is 0.343. The van der Waals surface area contributed by atoms with Crippen molar-refractivity contribution >= 4 is 43.8 Å². The molecule has 0 heterocycles. The molecule has 0 aliphatic heterocycles. The van der Waals surface area contributed by atoms with Gasteiger partial charge in [-0.15, -0.1) is 0 Å². The Balaban J connectivity index is 0. The fourth-order valence-electron chi connectivity index (χ4n) is 0.0967. The Labute approximate surface area is 76.8 Å². The summed E-state index contributed by atoms with van der Waals surface area (Å²) >= 11 is 0. The predicted octanol–water partition coefficient (Wildman–Crippen LogP) is -1.09. The Bertz CT molecular complexity index is 108. The van der Waals surface area contributed by atoms with Crippen LogP contribution in [0.5, 0.6) is 0 Å². The number of nitriles is 1. The van der Waals surface area contributed by atoms with Gasteiger partial charge < -0.3 is 4.74 Å². The number of rotatable bonds is 0. The monoisotopic (exact) mass is 142 g/mol. The quantitative estimate of drug-likeness (QED) is 0.265. The first-order valence-corrected chi connectivity index (χ1v) is 1.54. The normalized spacial score (nSPS) is 5.50. The molecule has 8 heavy (non-hydrogen) atoms. The van der Waals surface area contributed by atoms with E-state index < -0.39 is 6.09 Å². The Hall–Kier alpha value is 0.0197. The fraction of sp³-hybridized carbons (Fsp3) is 0.333. The summed E-state index contributed by atoms with van der Waals surface area (Å²) in [4.78, 5) is 9.86. The second-order valence-corrected chi connectivity index (χ2v) is 0.728. The van der Waals surface area contributed by atoms with E-state index in [1.54, 1.807) is 5.32 Å². The van der Waals surface area contributed by atoms with Crippen molar-refractivity contribution in [2.45, 2.75) is 0 Å². The number of nitrogens with zero attached hydrogens (tertiary/aromatic N) is 1. The van der Waals surface area contributed by atoms with E-state index in [9.17, 15) is 4.79 Å². The number of ether oxygens (including phenoxy) is 1. The average Bonchev–Trinajstić information content (AvgIpc) is 1.68.